The van der Waals surface area contributed by atoms with Gasteiger partial charge in [0.1, 0.15) is 29.8 Å². The van der Waals surface area contributed by atoms with Crippen LogP contribution in [0.3, 0.4) is 0 Å². The maximum Gasteiger partial charge on any atom is 0.145 e. The lowest BCUT2D eigenvalue weighted by Crippen LogP contribution is -2.10. The Kier molecular flexibility index (Phi) is 6.54. The number of rotatable bonds is 9. The van der Waals surface area contributed by atoms with Gasteiger partial charge in [-0.2, -0.15) is 0 Å². The highest BCUT2D eigenvalue weighted by Gasteiger charge is 2.16. The molecule has 0 saturated carbocycles. The molecule has 2 atom stereocenters. The SMILES string of the molecule is CCCCCc1ccc2cc(C(O)COc3ccccc3C(C)O)oc2c1. The molecule has 0 fully saturated rings. The van der Waals surface area contributed by atoms with Crippen molar-refractivity contribution in [1.82, 2.24) is 0 Å². The minimum Gasteiger partial charge on any atom is -0.490 e. The van der Waals surface area contributed by atoms with Crippen molar-refractivity contribution >= 4 is 11.0 Å². The second-order valence-electron chi connectivity index (χ2n) is 7.02. The summed E-state index contributed by atoms with van der Waals surface area (Å²) in [4.78, 5) is 0. The van der Waals surface area contributed by atoms with Crippen molar-refractivity contribution in [1.29, 1.82) is 0 Å². The van der Waals surface area contributed by atoms with E-state index in [0.29, 0.717) is 17.1 Å². The van der Waals surface area contributed by atoms with E-state index in [4.69, 9.17) is 9.15 Å². The molecule has 2 N–H and O–H groups in total. The van der Waals surface area contributed by atoms with Crippen LogP contribution in [-0.2, 0) is 6.42 Å². The third kappa shape index (κ3) is 4.90. The Balaban J connectivity index is 1.68. The predicted molar refractivity (Wildman–Crippen MR) is 107 cm³/mol. The van der Waals surface area contributed by atoms with E-state index >= 15 is 0 Å². The van der Waals surface area contributed by atoms with Gasteiger partial charge in [-0.3, -0.25) is 0 Å². The fourth-order valence-electron chi connectivity index (χ4n) is 3.20. The Morgan fingerprint density at radius 3 is 2.63 bits per heavy atom. The van der Waals surface area contributed by atoms with Crippen molar-refractivity contribution in [3.8, 4) is 5.75 Å². The van der Waals surface area contributed by atoms with Crippen molar-refractivity contribution in [2.24, 2.45) is 0 Å². The number of furan rings is 1. The van der Waals surface area contributed by atoms with Gasteiger partial charge in [-0.15, -0.1) is 0 Å². The van der Waals surface area contributed by atoms with Crippen LogP contribution in [0.2, 0.25) is 0 Å². The van der Waals surface area contributed by atoms with Gasteiger partial charge in [0.2, 0.25) is 0 Å². The van der Waals surface area contributed by atoms with E-state index < -0.39 is 12.2 Å². The number of ether oxygens (including phenoxy) is 1. The first-order chi connectivity index (χ1) is 13.1. The third-order valence-electron chi connectivity index (χ3n) is 4.77. The Bertz CT molecular complexity index is 866. The molecule has 0 saturated heterocycles. The standard InChI is InChI=1S/C23H28O4/c1-3-4-5-8-17-11-12-18-14-23(27-22(18)13-17)20(25)15-26-21-10-7-6-9-19(21)16(2)24/h6-7,9-14,16,20,24-25H,3-5,8,15H2,1-2H3. The van der Waals surface area contributed by atoms with Crippen LogP contribution in [0.25, 0.3) is 11.0 Å². The molecule has 0 spiro atoms. The topological polar surface area (TPSA) is 62.8 Å². The van der Waals surface area contributed by atoms with Gasteiger partial charge in [0, 0.05) is 10.9 Å². The fourth-order valence-corrected chi connectivity index (χ4v) is 3.20. The lowest BCUT2D eigenvalue weighted by molar-refractivity contribution is 0.0878. The van der Waals surface area contributed by atoms with E-state index in [1.165, 1.54) is 24.8 Å². The van der Waals surface area contributed by atoms with Gasteiger partial charge in [-0.1, -0.05) is 50.1 Å². The van der Waals surface area contributed by atoms with Gasteiger partial charge < -0.3 is 19.4 Å². The summed E-state index contributed by atoms with van der Waals surface area (Å²) >= 11 is 0. The number of aliphatic hydroxyl groups excluding tert-OH is 2. The summed E-state index contributed by atoms with van der Waals surface area (Å²) in [5, 5.41) is 21.3. The zero-order chi connectivity index (χ0) is 19.2. The molecule has 3 rings (SSSR count). The fraction of sp³-hybridized carbons (Fsp3) is 0.391. The van der Waals surface area contributed by atoms with Gasteiger partial charge in [-0.05, 0) is 43.5 Å². The Morgan fingerprint density at radius 1 is 1.04 bits per heavy atom. The van der Waals surface area contributed by atoms with E-state index in [1.807, 2.05) is 30.3 Å². The highest BCUT2D eigenvalue weighted by molar-refractivity contribution is 5.78. The Hall–Kier alpha value is -2.30. The number of para-hydroxylation sites is 1. The van der Waals surface area contributed by atoms with Crippen LogP contribution in [0.4, 0.5) is 0 Å². The third-order valence-corrected chi connectivity index (χ3v) is 4.77. The summed E-state index contributed by atoms with van der Waals surface area (Å²) in [7, 11) is 0. The summed E-state index contributed by atoms with van der Waals surface area (Å²) in [6.45, 7) is 3.95. The van der Waals surface area contributed by atoms with Gasteiger partial charge in [-0.25, -0.2) is 0 Å². The molecule has 1 aromatic heterocycles. The minimum absolute atomic E-state index is 0.0624. The predicted octanol–water partition coefficient (Wildman–Crippen LogP) is 5.33. The summed E-state index contributed by atoms with van der Waals surface area (Å²) < 4.78 is 11.6. The van der Waals surface area contributed by atoms with Crippen molar-refractivity contribution in [2.45, 2.75) is 51.7 Å². The minimum atomic E-state index is -0.872. The molecule has 4 heteroatoms. The van der Waals surface area contributed by atoms with Gasteiger partial charge in [0.15, 0.2) is 0 Å². The van der Waals surface area contributed by atoms with E-state index in [1.54, 1.807) is 13.0 Å². The molecule has 144 valence electrons. The summed E-state index contributed by atoms with van der Waals surface area (Å²) in [5.41, 5.74) is 2.75. The van der Waals surface area contributed by atoms with Crippen LogP contribution in [0, 0.1) is 0 Å². The molecule has 0 bridgehead atoms. The van der Waals surface area contributed by atoms with Crippen molar-refractivity contribution < 1.29 is 19.4 Å². The quantitative estimate of drug-likeness (QED) is 0.501. The lowest BCUT2D eigenvalue weighted by Gasteiger charge is -2.15. The normalized spacial score (nSPS) is 13.6. The average molecular weight is 368 g/mol. The number of fused-ring (bicyclic) bond motifs is 1. The molecule has 0 radical (unpaired) electrons. The molecule has 0 aliphatic carbocycles. The van der Waals surface area contributed by atoms with Crippen LogP contribution >= 0.6 is 0 Å². The van der Waals surface area contributed by atoms with Crippen LogP contribution in [0.15, 0.2) is 52.9 Å². The maximum absolute atomic E-state index is 10.5. The Labute approximate surface area is 160 Å². The smallest absolute Gasteiger partial charge is 0.145 e. The van der Waals surface area contributed by atoms with Crippen LogP contribution in [0.1, 0.15) is 62.2 Å². The van der Waals surface area contributed by atoms with Gasteiger partial charge in [0.25, 0.3) is 0 Å². The largest absolute Gasteiger partial charge is 0.490 e. The van der Waals surface area contributed by atoms with E-state index in [0.717, 1.165) is 17.4 Å². The highest BCUT2D eigenvalue weighted by atomic mass is 16.5. The molecule has 0 aliphatic heterocycles. The number of aryl methyl sites for hydroxylation is 1. The van der Waals surface area contributed by atoms with Crippen molar-refractivity contribution in [3.63, 3.8) is 0 Å². The monoisotopic (exact) mass is 368 g/mol. The van der Waals surface area contributed by atoms with Gasteiger partial charge >= 0.3 is 0 Å². The summed E-state index contributed by atoms with van der Waals surface area (Å²) in [6, 6.07) is 15.4. The Morgan fingerprint density at radius 2 is 1.85 bits per heavy atom. The van der Waals surface area contributed by atoms with Gasteiger partial charge in [0.05, 0.1) is 6.10 Å². The van der Waals surface area contributed by atoms with E-state index in [2.05, 4.69) is 19.1 Å². The second-order valence-corrected chi connectivity index (χ2v) is 7.02. The molecule has 1 heterocycles. The van der Waals surface area contributed by atoms with E-state index in [9.17, 15) is 10.2 Å². The molecule has 27 heavy (non-hydrogen) atoms. The molecular formula is C23H28O4. The molecule has 2 unspecified atom stereocenters. The first kappa shape index (κ1) is 19.5. The van der Waals surface area contributed by atoms with Crippen LogP contribution in [0.5, 0.6) is 5.75 Å². The second kappa shape index (κ2) is 9.07. The number of hydrogen-bond donors (Lipinski definition) is 2. The van der Waals surface area contributed by atoms with Crippen molar-refractivity contribution in [2.75, 3.05) is 6.61 Å². The van der Waals surface area contributed by atoms with Crippen molar-refractivity contribution in [3.05, 3.63) is 65.4 Å². The lowest BCUT2D eigenvalue weighted by atomic mass is 10.1. The molecule has 0 aliphatic rings. The number of aliphatic hydroxyl groups is 2. The highest BCUT2D eigenvalue weighted by Crippen LogP contribution is 2.28. The zero-order valence-corrected chi connectivity index (χ0v) is 16.0. The molecule has 2 aromatic carbocycles. The molecule has 0 amide bonds. The number of hydrogen-bond acceptors (Lipinski definition) is 4. The molecule has 4 nitrogen and oxygen atoms in total. The summed E-state index contributed by atoms with van der Waals surface area (Å²) in [5.74, 6) is 1.06. The first-order valence-corrected chi connectivity index (χ1v) is 9.68. The molecule has 3 aromatic rings. The summed E-state index contributed by atoms with van der Waals surface area (Å²) in [6.07, 6.45) is 3.15. The molecular weight excluding hydrogens is 340 g/mol. The number of benzene rings is 2. The first-order valence-electron chi connectivity index (χ1n) is 9.68. The zero-order valence-electron chi connectivity index (χ0n) is 16.0. The maximum atomic E-state index is 10.5. The van der Waals surface area contributed by atoms with Crippen LogP contribution < -0.4 is 4.74 Å². The van der Waals surface area contributed by atoms with E-state index in [-0.39, 0.29) is 6.61 Å². The number of unbranched alkanes of at least 4 members (excludes halogenated alkanes) is 2. The average Bonchev–Trinajstić information content (AvgIpc) is 3.10. The van der Waals surface area contributed by atoms with Crippen LogP contribution in [-0.4, -0.2) is 16.8 Å².